The molecule has 1 heterocycles. The van der Waals surface area contributed by atoms with E-state index in [0.717, 1.165) is 29.5 Å². The lowest BCUT2D eigenvalue weighted by molar-refractivity contribution is 0.578. The van der Waals surface area contributed by atoms with Crippen molar-refractivity contribution in [2.45, 2.75) is 31.6 Å². The van der Waals surface area contributed by atoms with E-state index < -0.39 is 16.0 Å². The van der Waals surface area contributed by atoms with Crippen LogP contribution in [0.4, 0.5) is 4.39 Å². The summed E-state index contributed by atoms with van der Waals surface area (Å²) in [5.41, 5.74) is 2.38. The van der Waals surface area contributed by atoms with Gasteiger partial charge >= 0.3 is 0 Å². The quantitative estimate of drug-likeness (QED) is 0.656. The summed E-state index contributed by atoms with van der Waals surface area (Å²) in [7, 11) is -3.49. The van der Waals surface area contributed by atoms with E-state index in [-0.39, 0.29) is 4.90 Å². The number of unbranched alkanes of at least 4 members (excludes halogenated alkanes) is 1. The number of aromatic nitrogens is 1. The summed E-state index contributed by atoms with van der Waals surface area (Å²) < 4.78 is 39.8. The first-order chi connectivity index (χ1) is 10.4. The van der Waals surface area contributed by atoms with Crippen LogP contribution in [0.5, 0.6) is 0 Å². The highest BCUT2D eigenvalue weighted by atomic mass is 32.2. The zero-order valence-corrected chi connectivity index (χ0v) is 13.5. The molecular weight excluding hydrogens is 303 g/mol. The van der Waals surface area contributed by atoms with Gasteiger partial charge in [-0.1, -0.05) is 19.4 Å². The van der Waals surface area contributed by atoms with Crippen LogP contribution in [0.3, 0.4) is 0 Å². The van der Waals surface area contributed by atoms with E-state index in [1.165, 1.54) is 12.3 Å². The van der Waals surface area contributed by atoms with Crippen molar-refractivity contribution >= 4 is 10.0 Å². The Bertz CT molecular complexity index is 743. The second-order valence-electron chi connectivity index (χ2n) is 5.10. The van der Waals surface area contributed by atoms with Crippen molar-refractivity contribution in [3.05, 3.63) is 48.0 Å². The Morgan fingerprint density at radius 2 is 2.00 bits per heavy atom. The standard InChI is InChI=1S/C16H19FN2O2S/c1-3-4-9-19-22(20,21)14-6-7-15(12(2)10-14)13-5-8-16(17)18-11-13/h5-8,10-11,19H,3-4,9H2,1-2H3. The third kappa shape index (κ3) is 3.90. The summed E-state index contributed by atoms with van der Waals surface area (Å²) in [5, 5.41) is 0. The fourth-order valence-electron chi connectivity index (χ4n) is 2.13. The average Bonchev–Trinajstić information content (AvgIpc) is 2.48. The Balaban J connectivity index is 2.28. The maximum absolute atomic E-state index is 12.9. The van der Waals surface area contributed by atoms with E-state index >= 15 is 0 Å². The normalized spacial score (nSPS) is 11.6. The van der Waals surface area contributed by atoms with Gasteiger partial charge in [-0.3, -0.25) is 0 Å². The number of halogens is 1. The van der Waals surface area contributed by atoms with Crippen LogP contribution in [-0.4, -0.2) is 19.9 Å². The maximum Gasteiger partial charge on any atom is 0.240 e. The molecule has 4 nitrogen and oxygen atoms in total. The van der Waals surface area contributed by atoms with E-state index in [2.05, 4.69) is 9.71 Å². The SMILES string of the molecule is CCCCNS(=O)(=O)c1ccc(-c2ccc(F)nc2)c(C)c1. The minimum atomic E-state index is -3.49. The van der Waals surface area contributed by atoms with Gasteiger partial charge in [0.2, 0.25) is 16.0 Å². The lowest BCUT2D eigenvalue weighted by atomic mass is 10.0. The molecule has 6 heteroatoms. The Kier molecular flexibility index (Phi) is 5.26. The van der Waals surface area contributed by atoms with Crippen LogP contribution < -0.4 is 4.72 Å². The maximum atomic E-state index is 12.9. The largest absolute Gasteiger partial charge is 0.240 e. The number of rotatable bonds is 6. The monoisotopic (exact) mass is 322 g/mol. The highest BCUT2D eigenvalue weighted by Gasteiger charge is 2.15. The van der Waals surface area contributed by atoms with Gasteiger partial charge in [-0.2, -0.15) is 4.39 Å². The first-order valence-electron chi connectivity index (χ1n) is 7.16. The molecule has 0 bridgehead atoms. The van der Waals surface area contributed by atoms with Gasteiger partial charge < -0.3 is 0 Å². The van der Waals surface area contributed by atoms with Crippen molar-refractivity contribution in [3.63, 3.8) is 0 Å². The molecule has 2 aromatic rings. The molecule has 118 valence electrons. The number of hydrogen-bond donors (Lipinski definition) is 1. The molecule has 1 aromatic heterocycles. The molecule has 0 amide bonds. The summed E-state index contributed by atoms with van der Waals surface area (Å²) in [6.45, 7) is 4.26. The first kappa shape index (κ1) is 16.6. The minimum Gasteiger partial charge on any atom is -0.228 e. The van der Waals surface area contributed by atoms with Crippen LogP contribution in [-0.2, 0) is 10.0 Å². The van der Waals surface area contributed by atoms with Crippen molar-refractivity contribution in [1.82, 2.24) is 9.71 Å². The van der Waals surface area contributed by atoms with E-state index in [4.69, 9.17) is 0 Å². The van der Waals surface area contributed by atoms with Crippen LogP contribution in [0.1, 0.15) is 25.3 Å². The molecule has 2 rings (SSSR count). The molecule has 0 unspecified atom stereocenters. The second kappa shape index (κ2) is 6.98. The molecular formula is C16H19FN2O2S. The van der Waals surface area contributed by atoms with Gasteiger partial charge in [-0.05, 0) is 48.7 Å². The van der Waals surface area contributed by atoms with Crippen molar-refractivity contribution in [3.8, 4) is 11.1 Å². The molecule has 0 aliphatic heterocycles. The van der Waals surface area contributed by atoms with Crippen molar-refractivity contribution in [1.29, 1.82) is 0 Å². The van der Waals surface area contributed by atoms with Crippen LogP contribution >= 0.6 is 0 Å². The van der Waals surface area contributed by atoms with Crippen LogP contribution in [0, 0.1) is 12.9 Å². The summed E-state index contributed by atoms with van der Waals surface area (Å²) >= 11 is 0. The number of nitrogens with one attached hydrogen (secondary N) is 1. The fraction of sp³-hybridized carbons (Fsp3) is 0.312. The van der Waals surface area contributed by atoms with Crippen LogP contribution in [0.15, 0.2) is 41.4 Å². The number of nitrogens with zero attached hydrogens (tertiary/aromatic N) is 1. The van der Waals surface area contributed by atoms with Crippen molar-refractivity contribution in [2.75, 3.05) is 6.54 Å². The molecule has 0 aliphatic rings. The molecule has 0 spiro atoms. The van der Waals surface area contributed by atoms with Gasteiger partial charge in [0.1, 0.15) is 0 Å². The number of benzene rings is 1. The van der Waals surface area contributed by atoms with Gasteiger partial charge in [-0.25, -0.2) is 18.1 Å². The third-order valence-corrected chi connectivity index (χ3v) is 4.83. The molecule has 22 heavy (non-hydrogen) atoms. The van der Waals surface area contributed by atoms with Crippen LogP contribution in [0.2, 0.25) is 0 Å². The van der Waals surface area contributed by atoms with Gasteiger partial charge in [0, 0.05) is 18.3 Å². The number of aryl methyl sites for hydroxylation is 1. The van der Waals surface area contributed by atoms with Crippen molar-refractivity contribution < 1.29 is 12.8 Å². The first-order valence-corrected chi connectivity index (χ1v) is 8.64. The summed E-state index contributed by atoms with van der Waals surface area (Å²) in [4.78, 5) is 3.86. The topological polar surface area (TPSA) is 59.1 Å². The van der Waals surface area contributed by atoms with E-state index in [1.54, 1.807) is 24.3 Å². The molecule has 0 aliphatic carbocycles. The summed E-state index contributed by atoms with van der Waals surface area (Å²) in [6, 6.07) is 7.80. The van der Waals surface area contributed by atoms with Crippen LogP contribution in [0.25, 0.3) is 11.1 Å². The van der Waals surface area contributed by atoms with E-state index in [9.17, 15) is 12.8 Å². The molecule has 0 radical (unpaired) electrons. The fourth-order valence-corrected chi connectivity index (χ4v) is 3.29. The molecule has 0 saturated carbocycles. The van der Waals surface area contributed by atoms with Gasteiger partial charge in [0.25, 0.3) is 0 Å². The number of hydrogen-bond acceptors (Lipinski definition) is 3. The smallest absolute Gasteiger partial charge is 0.228 e. The second-order valence-corrected chi connectivity index (χ2v) is 6.86. The van der Waals surface area contributed by atoms with Gasteiger partial charge in [-0.15, -0.1) is 0 Å². The molecule has 0 saturated heterocycles. The molecule has 0 fully saturated rings. The Hall–Kier alpha value is -1.79. The molecule has 1 aromatic carbocycles. The number of sulfonamides is 1. The molecule has 0 atom stereocenters. The highest BCUT2D eigenvalue weighted by Crippen LogP contribution is 2.25. The minimum absolute atomic E-state index is 0.236. The summed E-state index contributed by atoms with van der Waals surface area (Å²) in [6.07, 6.45) is 3.17. The van der Waals surface area contributed by atoms with E-state index in [0.29, 0.717) is 6.54 Å². The predicted molar refractivity (Wildman–Crippen MR) is 84.5 cm³/mol. The zero-order valence-electron chi connectivity index (χ0n) is 12.6. The lowest BCUT2D eigenvalue weighted by Gasteiger charge is -2.10. The van der Waals surface area contributed by atoms with Gasteiger partial charge in [0.05, 0.1) is 4.90 Å². The average molecular weight is 322 g/mol. The summed E-state index contributed by atoms with van der Waals surface area (Å²) in [5.74, 6) is -0.541. The number of pyridine rings is 1. The van der Waals surface area contributed by atoms with Gasteiger partial charge in [0.15, 0.2) is 0 Å². The Morgan fingerprint density at radius 1 is 1.23 bits per heavy atom. The third-order valence-electron chi connectivity index (χ3n) is 3.37. The van der Waals surface area contributed by atoms with E-state index in [1.807, 2.05) is 13.8 Å². The molecule has 1 N–H and O–H groups in total. The lowest BCUT2D eigenvalue weighted by Crippen LogP contribution is -2.24. The van der Waals surface area contributed by atoms with Crippen molar-refractivity contribution in [2.24, 2.45) is 0 Å². The zero-order chi connectivity index (χ0) is 16.2. The Morgan fingerprint density at radius 3 is 2.59 bits per heavy atom. The predicted octanol–water partition coefficient (Wildman–Crippen LogP) is 3.27. The highest BCUT2D eigenvalue weighted by molar-refractivity contribution is 7.89. The Labute approximate surface area is 130 Å².